The van der Waals surface area contributed by atoms with Gasteiger partial charge in [0.15, 0.2) is 16.6 Å². The molecule has 0 aliphatic heterocycles. The van der Waals surface area contributed by atoms with Gasteiger partial charge in [-0.2, -0.15) is 0 Å². The third-order valence-corrected chi connectivity index (χ3v) is 21.8. The van der Waals surface area contributed by atoms with Gasteiger partial charge in [-0.3, -0.25) is 0 Å². The highest BCUT2D eigenvalue weighted by Gasteiger charge is 2.37. The monoisotopic (exact) mass is 793 g/mol. The molecule has 3 nitrogen and oxygen atoms in total. The Morgan fingerprint density at radius 1 is 0.370 bits per heavy atom. The minimum Gasteiger partial charge on any atom is -0.417 e. The molecular weight excluding hydrogens is 693 g/mol. The molecule has 0 heterocycles. The molecule has 0 amide bonds. The summed E-state index contributed by atoms with van der Waals surface area (Å²) < 4.78 is 12.6. The van der Waals surface area contributed by atoms with Gasteiger partial charge in [-0.05, 0) is 113 Å². The molecule has 0 fully saturated rings. The third-order valence-electron chi connectivity index (χ3n) is 12.7. The van der Waals surface area contributed by atoms with Crippen molar-refractivity contribution in [2.24, 2.45) is 0 Å². The van der Waals surface area contributed by atoms with Crippen LogP contribution in [0.4, 0.5) is 0 Å². The molecule has 0 aliphatic carbocycles. The standard InChI is InChI=1S/C49H100O3Si2/c1-48(2,3)53(7,8)51-45-41-37-33-29-25-21-17-13-11-15-19-23-27-31-35-39-43-47(50)44-40-36-32-28-24-20-16-12-14-18-22-26-30-34-38-42-46-52-54(9,10)49(4,5)6/h11-14,47,50H,15-46H2,1-10H3. The second-order valence-corrected chi connectivity index (χ2v) is 29.7. The summed E-state index contributed by atoms with van der Waals surface area (Å²) in [6, 6.07) is 0. The van der Waals surface area contributed by atoms with Crippen molar-refractivity contribution in [3.63, 3.8) is 0 Å². The van der Waals surface area contributed by atoms with Crippen molar-refractivity contribution in [1.82, 2.24) is 0 Å². The van der Waals surface area contributed by atoms with Crippen LogP contribution in [-0.2, 0) is 8.85 Å². The fourth-order valence-corrected chi connectivity index (χ4v) is 8.72. The molecule has 0 aromatic heterocycles. The van der Waals surface area contributed by atoms with Crippen LogP contribution < -0.4 is 0 Å². The molecule has 0 radical (unpaired) electrons. The third kappa shape index (κ3) is 32.8. The molecule has 0 bridgehead atoms. The summed E-state index contributed by atoms with van der Waals surface area (Å²) in [6.45, 7) is 25.3. The summed E-state index contributed by atoms with van der Waals surface area (Å²) >= 11 is 0. The van der Waals surface area contributed by atoms with Gasteiger partial charge in [0.1, 0.15) is 0 Å². The molecule has 5 heteroatoms. The maximum Gasteiger partial charge on any atom is 0.191 e. The van der Waals surface area contributed by atoms with Gasteiger partial charge in [-0.15, -0.1) is 0 Å². The van der Waals surface area contributed by atoms with E-state index in [0.29, 0.717) is 10.1 Å². The quantitative estimate of drug-likeness (QED) is 0.0384. The van der Waals surface area contributed by atoms with Crippen LogP contribution in [0.1, 0.15) is 234 Å². The molecule has 0 aromatic rings. The van der Waals surface area contributed by atoms with Gasteiger partial charge in [-0.25, -0.2) is 0 Å². The van der Waals surface area contributed by atoms with Crippen LogP contribution in [0.15, 0.2) is 24.3 Å². The van der Waals surface area contributed by atoms with Crippen molar-refractivity contribution in [2.45, 2.75) is 277 Å². The Kier molecular flexibility index (Phi) is 33.6. The van der Waals surface area contributed by atoms with Gasteiger partial charge in [0.05, 0.1) is 6.10 Å². The van der Waals surface area contributed by atoms with Crippen LogP contribution in [0.25, 0.3) is 0 Å². The molecule has 0 saturated carbocycles. The molecule has 0 saturated heterocycles. The van der Waals surface area contributed by atoms with Gasteiger partial charge in [0.2, 0.25) is 0 Å². The van der Waals surface area contributed by atoms with Gasteiger partial charge >= 0.3 is 0 Å². The zero-order valence-corrected chi connectivity index (χ0v) is 40.8. The van der Waals surface area contributed by atoms with Crippen LogP contribution in [-0.4, -0.2) is 41.1 Å². The highest BCUT2D eigenvalue weighted by Crippen LogP contribution is 2.37. The molecular formula is C49H100O3Si2. The van der Waals surface area contributed by atoms with E-state index >= 15 is 0 Å². The van der Waals surface area contributed by atoms with E-state index in [9.17, 15) is 5.11 Å². The van der Waals surface area contributed by atoms with Gasteiger partial charge in [0.25, 0.3) is 0 Å². The number of aliphatic hydroxyl groups excluding tert-OH is 1. The fourth-order valence-electron chi connectivity index (χ4n) is 6.54. The lowest BCUT2D eigenvalue weighted by molar-refractivity contribution is 0.147. The Labute approximate surface area is 343 Å². The average Bonchev–Trinajstić information content (AvgIpc) is 3.09. The molecule has 0 rings (SSSR count). The van der Waals surface area contributed by atoms with Crippen LogP contribution in [0.5, 0.6) is 0 Å². The lowest BCUT2D eigenvalue weighted by Gasteiger charge is -2.36. The maximum atomic E-state index is 10.4. The summed E-state index contributed by atoms with van der Waals surface area (Å²) in [6.07, 6.45) is 48.4. The number of aliphatic hydroxyl groups is 1. The second-order valence-electron chi connectivity index (χ2n) is 20.0. The summed E-state index contributed by atoms with van der Waals surface area (Å²) in [7, 11) is -3.11. The van der Waals surface area contributed by atoms with E-state index in [2.05, 4.69) is 92.0 Å². The van der Waals surface area contributed by atoms with Crippen LogP contribution >= 0.6 is 0 Å². The van der Waals surface area contributed by atoms with Crippen LogP contribution in [0, 0.1) is 0 Å². The lowest BCUT2D eigenvalue weighted by Crippen LogP contribution is -2.40. The molecule has 1 N–H and O–H groups in total. The number of unbranched alkanes of at least 4 members (excludes halogenated alkanes) is 24. The largest absolute Gasteiger partial charge is 0.417 e. The first-order valence-electron chi connectivity index (χ1n) is 23.9. The topological polar surface area (TPSA) is 38.7 Å². The van der Waals surface area contributed by atoms with Crippen molar-refractivity contribution in [3.8, 4) is 0 Å². The summed E-state index contributed by atoms with van der Waals surface area (Å²) in [5, 5.41) is 11.0. The first-order chi connectivity index (χ1) is 25.6. The molecule has 0 aliphatic rings. The van der Waals surface area contributed by atoms with Gasteiger partial charge < -0.3 is 14.0 Å². The predicted molar refractivity (Wildman–Crippen MR) is 249 cm³/mol. The number of rotatable bonds is 38. The van der Waals surface area contributed by atoms with E-state index in [1.165, 1.54) is 180 Å². The molecule has 0 aromatic carbocycles. The van der Waals surface area contributed by atoms with E-state index in [1.54, 1.807) is 0 Å². The Hall–Kier alpha value is -0.206. The predicted octanol–water partition coefficient (Wildman–Crippen LogP) is 17.2. The number of allylic oxidation sites excluding steroid dienone is 4. The van der Waals surface area contributed by atoms with Crippen LogP contribution in [0.3, 0.4) is 0 Å². The SMILES string of the molecule is CC(C)(C)[Si](C)(C)OCCCCCCCCC=CCCCCCCCCC(O)CCCCCCCCC=CCCCCCCCCO[Si](C)(C)C(C)(C)C. The van der Waals surface area contributed by atoms with E-state index < -0.39 is 16.6 Å². The minimum atomic E-state index is -1.56. The Morgan fingerprint density at radius 2 is 0.593 bits per heavy atom. The van der Waals surface area contributed by atoms with Crippen molar-refractivity contribution in [3.05, 3.63) is 24.3 Å². The first kappa shape index (κ1) is 53.8. The lowest BCUT2D eigenvalue weighted by atomic mass is 10.0. The molecule has 54 heavy (non-hydrogen) atoms. The summed E-state index contributed by atoms with van der Waals surface area (Å²) in [4.78, 5) is 0. The highest BCUT2D eigenvalue weighted by molar-refractivity contribution is 6.74. The Bertz CT molecular complexity index is 797. The maximum absolute atomic E-state index is 10.4. The Morgan fingerprint density at radius 3 is 0.852 bits per heavy atom. The zero-order chi connectivity index (χ0) is 40.4. The number of hydrogen-bond donors (Lipinski definition) is 1. The molecule has 322 valence electrons. The Balaban J connectivity index is 3.35. The van der Waals surface area contributed by atoms with E-state index in [0.717, 1.165) is 26.1 Å². The van der Waals surface area contributed by atoms with E-state index in [1.807, 2.05) is 0 Å². The van der Waals surface area contributed by atoms with E-state index in [-0.39, 0.29) is 6.10 Å². The normalized spacial score (nSPS) is 13.9. The van der Waals surface area contributed by atoms with E-state index in [4.69, 9.17) is 8.85 Å². The fraction of sp³-hybridized carbons (Fsp3) is 0.918. The minimum absolute atomic E-state index is 0.0701. The first-order valence-corrected chi connectivity index (χ1v) is 29.7. The second kappa shape index (κ2) is 33.7. The smallest absolute Gasteiger partial charge is 0.191 e. The molecule has 0 spiro atoms. The average molecular weight is 794 g/mol. The zero-order valence-electron chi connectivity index (χ0n) is 38.8. The van der Waals surface area contributed by atoms with Crippen molar-refractivity contribution >= 4 is 16.6 Å². The van der Waals surface area contributed by atoms with Crippen LogP contribution in [0.2, 0.25) is 36.3 Å². The van der Waals surface area contributed by atoms with Crippen molar-refractivity contribution in [2.75, 3.05) is 13.2 Å². The highest BCUT2D eigenvalue weighted by atomic mass is 28.4. The summed E-state index contributed by atoms with van der Waals surface area (Å²) in [5.74, 6) is 0. The molecule has 0 atom stereocenters. The molecule has 0 unspecified atom stereocenters. The number of hydrogen-bond acceptors (Lipinski definition) is 3. The summed E-state index contributed by atoms with van der Waals surface area (Å²) in [5.41, 5.74) is 0. The van der Waals surface area contributed by atoms with Crippen molar-refractivity contribution in [1.29, 1.82) is 0 Å². The van der Waals surface area contributed by atoms with Gasteiger partial charge in [-0.1, -0.05) is 181 Å². The van der Waals surface area contributed by atoms with Gasteiger partial charge in [0, 0.05) is 13.2 Å². The van der Waals surface area contributed by atoms with Crippen molar-refractivity contribution < 1.29 is 14.0 Å².